The van der Waals surface area contributed by atoms with Crippen molar-refractivity contribution in [1.29, 1.82) is 10.8 Å². The van der Waals surface area contributed by atoms with Gasteiger partial charge in [-0.25, -0.2) is 9.78 Å². The number of nitrogens with two attached hydrogens (primary N) is 3. The molecule has 12 atom stereocenters. The van der Waals surface area contributed by atoms with Crippen molar-refractivity contribution >= 4 is 116 Å². The molecule has 0 spiro atoms. The summed E-state index contributed by atoms with van der Waals surface area (Å²) in [6.07, 6.45) is 5.76. The van der Waals surface area contributed by atoms with E-state index < -0.39 is 156 Å². The molecule has 108 heavy (non-hydrogen) atoms. The summed E-state index contributed by atoms with van der Waals surface area (Å²) in [4.78, 5) is 208. The number of benzene rings is 1. The molecule has 39 heteroatoms. The van der Waals surface area contributed by atoms with Crippen LogP contribution in [0.25, 0.3) is 0 Å². The maximum absolute atomic E-state index is 15.2. The normalized spacial score (nSPS) is 22.5. The summed E-state index contributed by atoms with van der Waals surface area (Å²) in [6.45, 7) is 5.48. The topological polar surface area (TPSA) is 577 Å². The molecular formula is C69H108N22O15S2. The number of aromatic amines is 1. The maximum Gasteiger partial charge on any atom is 0.326 e. The summed E-state index contributed by atoms with van der Waals surface area (Å²) in [6, 6.07) is -7.13. The molecule has 0 aliphatic carbocycles. The first-order valence-corrected chi connectivity index (χ1v) is 39.4. The van der Waals surface area contributed by atoms with E-state index in [0.717, 1.165) is 21.6 Å². The fraction of sp³-hybridized carbons (Fsp3) is 0.638. The van der Waals surface area contributed by atoms with Crippen molar-refractivity contribution < 1.29 is 72.2 Å². The van der Waals surface area contributed by atoms with Crippen molar-refractivity contribution in [2.24, 2.45) is 23.1 Å². The summed E-state index contributed by atoms with van der Waals surface area (Å²) in [7, 11) is 2.13. The largest absolute Gasteiger partial charge is 0.480 e. The molecule has 13 amide bonds. The Morgan fingerprint density at radius 3 is 1.95 bits per heavy atom. The molecule has 1 aromatic carbocycles. The number of H-pyrrole nitrogens is 1. The van der Waals surface area contributed by atoms with Gasteiger partial charge in [-0.2, -0.15) is 0 Å². The minimum Gasteiger partial charge on any atom is -0.480 e. The van der Waals surface area contributed by atoms with Crippen LogP contribution in [0.2, 0.25) is 0 Å². The third-order valence-corrected chi connectivity index (χ3v) is 21.1. The number of carbonyl (C=O) groups is 14. The molecule has 0 unspecified atom stereocenters. The van der Waals surface area contributed by atoms with Gasteiger partial charge in [-0.1, -0.05) is 85.5 Å². The van der Waals surface area contributed by atoms with Gasteiger partial charge < -0.3 is 106 Å². The summed E-state index contributed by atoms with van der Waals surface area (Å²) in [5.74, 6) is -12.2. The Morgan fingerprint density at radius 2 is 1.31 bits per heavy atom. The average molecular weight is 1550 g/mol. The molecule has 0 bridgehead atoms. The lowest BCUT2D eigenvalue weighted by Crippen LogP contribution is -2.60. The van der Waals surface area contributed by atoms with Gasteiger partial charge in [0.05, 0.1) is 12.9 Å². The van der Waals surface area contributed by atoms with Crippen molar-refractivity contribution in [3.8, 4) is 0 Å². The number of nitrogens with zero attached hydrogens (tertiary/aromatic N) is 3. The lowest BCUT2D eigenvalue weighted by molar-refractivity contribution is -0.142. The minimum atomic E-state index is -1.55. The quantitative estimate of drug-likeness (QED) is 0.0144. The predicted molar refractivity (Wildman–Crippen MR) is 401 cm³/mol. The Morgan fingerprint density at radius 1 is 0.667 bits per heavy atom. The van der Waals surface area contributed by atoms with E-state index in [9.17, 15) is 62.6 Å². The van der Waals surface area contributed by atoms with Crippen LogP contribution in [0.1, 0.15) is 148 Å². The zero-order valence-corrected chi connectivity index (χ0v) is 63.0. The predicted octanol–water partition coefficient (Wildman–Crippen LogP) is -3.30. The third kappa shape index (κ3) is 28.7. The van der Waals surface area contributed by atoms with Gasteiger partial charge in [0.2, 0.25) is 76.8 Å². The van der Waals surface area contributed by atoms with E-state index in [0.29, 0.717) is 49.8 Å². The Labute approximate surface area is 635 Å². The summed E-state index contributed by atoms with van der Waals surface area (Å²) in [5.41, 5.74) is 17.9. The first-order chi connectivity index (χ1) is 51.7. The van der Waals surface area contributed by atoms with E-state index in [-0.39, 0.29) is 158 Å². The number of rotatable bonds is 33. The summed E-state index contributed by atoms with van der Waals surface area (Å²) >= 11 is 0. The number of carboxylic acid groups (broad SMARTS) is 1. The van der Waals surface area contributed by atoms with E-state index in [1.54, 1.807) is 44.2 Å². The maximum atomic E-state index is 15.2. The van der Waals surface area contributed by atoms with Crippen LogP contribution in [0.15, 0.2) is 42.9 Å². The lowest BCUT2D eigenvalue weighted by atomic mass is 10.0. The molecule has 4 aliphatic rings. The molecule has 0 saturated carbocycles. The SMILES string of the molecule is CCCC[C@@H]1NC(=O)[C@H]2CCCN2C(=O)CNC(=O)[C@@H](CCCCN)NC(=O)[C@@H](Cc2cnc[nH]2)NC(=O)[C@@H](NC(=O)[C@@H](CC(C)C)NC(=O)[C@H](CCCNC(=N)N)NC(=O)[C@H]2CCCN2C(=O)[C@H](CCCNC(=N)N)NC(=O)[C@H]2CCC(=O)N2)CCSSC[C@@H](C(=O)N[C@H](Cc2ccccc2)C(=O)O)NC1=O. The summed E-state index contributed by atoms with van der Waals surface area (Å²) in [5, 5.41) is 60.8. The lowest BCUT2D eigenvalue weighted by Gasteiger charge is -2.31. The second-order valence-corrected chi connectivity index (χ2v) is 30.2. The molecule has 37 nitrogen and oxygen atoms in total. The molecule has 23 N–H and O–H groups in total. The van der Waals surface area contributed by atoms with Crippen LogP contribution in [0.3, 0.4) is 0 Å². The van der Waals surface area contributed by atoms with E-state index in [1.807, 2.05) is 6.92 Å². The highest BCUT2D eigenvalue weighted by molar-refractivity contribution is 8.76. The molecule has 1 aromatic heterocycles. The van der Waals surface area contributed by atoms with Crippen molar-refractivity contribution in [2.75, 3.05) is 50.8 Å². The Bertz CT molecular complexity index is 3430. The Kier molecular flexibility index (Phi) is 36.4. The van der Waals surface area contributed by atoms with Gasteiger partial charge >= 0.3 is 5.97 Å². The van der Waals surface area contributed by atoms with Gasteiger partial charge in [0, 0.05) is 68.8 Å². The molecule has 4 saturated heterocycles. The standard InChI is InChI=1S/C69H108N22O15S2/c1-4-5-17-43-58(96)89-51(63(101)88-50(67(105)106)33-40-15-7-6-8-16-40)37-108-107-31-25-46(60(98)87-49(34-41-35-75-38-79-41)62(100)81-42(18-9-10-26-70)56(94)78-36-55(93)90-29-13-21-52(90)64(102)83-43)82-61(99)48(32-39(2)3)86-57(95)44(19-11-27-76-68(71)72)84-65(103)53-22-14-30-91(53)66(104)47(20-12-28-77-69(73)74)85-59(97)45-23-24-54(92)80-45/h6-8,15-16,35,38-39,42-53H,4-5,9-14,17-34,36-37,70H2,1-3H3,(H,75,79)(H,78,94)(H,80,92)(H,81,100)(H,82,99)(H,83,102)(H,84,103)(H,85,97)(H,86,95)(H,87,98)(H,88,101)(H,89,96)(H,105,106)(H4,71,72,76)(H4,73,74,77)/t42-,43+,44+,45-,46+,47+,48-,49-,50-,51+,52-,53-/m1/s1. The van der Waals surface area contributed by atoms with Gasteiger partial charge in [0.1, 0.15) is 72.5 Å². The van der Waals surface area contributed by atoms with Gasteiger partial charge in [0.15, 0.2) is 11.9 Å². The van der Waals surface area contributed by atoms with Crippen molar-refractivity contribution in [2.45, 2.75) is 222 Å². The summed E-state index contributed by atoms with van der Waals surface area (Å²) < 4.78 is 0. The van der Waals surface area contributed by atoms with Gasteiger partial charge in [0.25, 0.3) is 0 Å². The molecule has 6 rings (SSSR count). The van der Waals surface area contributed by atoms with Gasteiger partial charge in [-0.15, -0.1) is 0 Å². The Balaban J connectivity index is 1.32. The smallest absolute Gasteiger partial charge is 0.326 e. The van der Waals surface area contributed by atoms with Crippen molar-refractivity contribution in [3.63, 3.8) is 0 Å². The number of hydrogen-bond acceptors (Lipinski definition) is 20. The molecular weight excluding hydrogens is 1440 g/mol. The van der Waals surface area contributed by atoms with Gasteiger partial charge in [-0.3, -0.25) is 73.1 Å². The van der Waals surface area contributed by atoms with Crippen molar-refractivity contribution in [3.05, 3.63) is 54.1 Å². The number of imidazole rings is 1. The van der Waals surface area contributed by atoms with E-state index in [2.05, 4.69) is 79.1 Å². The monoisotopic (exact) mass is 1550 g/mol. The second kappa shape index (κ2) is 45.1. The average Bonchev–Trinajstić information content (AvgIpc) is 1.62. The number of nitrogens with one attached hydrogen (secondary N) is 16. The second-order valence-electron chi connectivity index (χ2n) is 27.6. The highest BCUT2D eigenvalue weighted by Gasteiger charge is 2.42. The van der Waals surface area contributed by atoms with E-state index >= 15 is 9.59 Å². The van der Waals surface area contributed by atoms with E-state index in [4.69, 9.17) is 28.0 Å². The molecule has 4 aliphatic heterocycles. The third-order valence-electron chi connectivity index (χ3n) is 18.6. The van der Waals surface area contributed by atoms with Crippen molar-refractivity contribution in [1.82, 2.24) is 88.9 Å². The van der Waals surface area contributed by atoms with Crippen LogP contribution < -0.4 is 86.3 Å². The van der Waals surface area contributed by atoms with Crippen LogP contribution in [0.5, 0.6) is 0 Å². The highest BCUT2D eigenvalue weighted by Crippen LogP contribution is 2.26. The number of guanidine groups is 2. The number of aromatic nitrogens is 2. The van der Waals surface area contributed by atoms with E-state index in [1.165, 1.54) is 22.3 Å². The first-order valence-electron chi connectivity index (χ1n) is 36.9. The fourth-order valence-electron chi connectivity index (χ4n) is 12.9. The minimum absolute atomic E-state index is 0.0170. The number of hydrogen-bond donors (Lipinski definition) is 20. The number of carboxylic acids is 1. The number of amides is 13. The molecule has 596 valence electrons. The highest BCUT2D eigenvalue weighted by atomic mass is 33.1. The molecule has 0 radical (unpaired) electrons. The van der Waals surface area contributed by atoms with Crippen LogP contribution in [-0.2, 0) is 80.0 Å². The molecule has 2 aromatic rings. The molecule has 5 heterocycles. The molecule has 4 fully saturated rings. The number of likely N-dealkylation sites (tertiary alicyclic amines) is 1. The van der Waals surface area contributed by atoms with Crippen LogP contribution in [0, 0.1) is 16.7 Å². The van der Waals surface area contributed by atoms with Crippen LogP contribution in [0.4, 0.5) is 0 Å². The number of carbonyl (C=O) groups excluding carboxylic acids is 13. The fourth-order valence-corrected chi connectivity index (χ4v) is 15.1. The number of aliphatic carboxylic acids is 1. The first kappa shape index (κ1) is 87.1. The zero-order valence-electron chi connectivity index (χ0n) is 61.4. The van der Waals surface area contributed by atoms with Crippen LogP contribution in [-0.4, -0.2) is 243 Å². The number of fused-ring (bicyclic) bond motifs is 1. The van der Waals surface area contributed by atoms with Gasteiger partial charge in [-0.05, 0) is 114 Å². The van der Waals surface area contributed by atoms with Crippen LogP contribution >= 0.6 is 21.6 Å². The Hall–Kier alpha value is -9.79. The zero-order chi connectivity index (χ0) is 78.8. The number of unbranched alkanes of at least 4 members (excludes halogenated alkanes) is 2.